The molecule has 0 aliphatic carbocycles. The molecule has 0 saturated heterocycles. The normalized spacial score (nSPS) is 11.8. The van der Waals surface area contributed by atoms with Crippen molar-refractivity contribution in [3.05, 3.63) is 142 Å². The second kappa shape index (κ2) is 14.4. The van der Waals surface area contributed by atoms with Gasteiger partial charge >= 0.3 is 0 Å². The SMILES string of the molecule is Cc1nnc(NC(=O)C(Sc2cccc(NC(=O)/C(=C/c3ccccc3F)NC(=O)c3ccccc3)c2)c2ccccc2)s1. The van der Waals surface area contributed by atoms with E-state index < -0.39 is 22.9 Å². The van der Waals surface area contributed by atoms with Gasteiger partial charge in [0.2, 0.25) is 11.0 Å². The number of benzene rings is 4. The van der Waals surface area contributed by atoms with E-state index in [-0.39, 0.29) is 17.2 Å². The van der Waals surface area contributed by atoms with Crippen molar-refractivity contribution >= 4 is 57.7 Å². The minimum atomic E-state index is -0.649. The van der Waals surface area contributed by atoms with Crippen LogP contribution in [0.2, 0.25) is 0 Å². The molecule has 5 aromatic rings. The molecule has 5 rings (SSSR count). The maximum absolute atomic E-state index is 14.5. The van der Waals surface area contributed by atoms with Gasteiger partial charge in [-0.25, -0.2) is 4.39 Å². The van der Waals surface area contributed by atoms with Crippen molar-refractivity contribution in [3.63, 3.8) is 0 Å². The van der Waals surface area contributed by atoms with E-state index in [0.29, 0.717) is 21.3 Å². The standard InChI is InChI=1S/C33H26FN5O3S2/c1-21-38-39-33(43-21)37-32(42)29(22-11-4-2-5-12-22)44-26-17-10-16-25(20-26)35-31(41)28(19-24-15-8-9-18-27(24)34)36-30(40)23-13-6-3-7-14-23/h2-20,29H,1H3,(H,35,41)(H,36,40)(H,37,39,42)/b28-19-. The van der Waals surface area contributed by atoms with Crippen LogP contribution in [0.5, 0.6) is 0 Å². The first-order valence-corrected chi connectivity index (χ1v) is 15.1. The molecule has 0 aliphatic heterocycles. The molecule has 3 amide bonds. The maximum Gasteiger partial charge on any atom is 0.272 e. The first-order valence-electron chi connectivity index (χ1n) is 13.4. The molecule has 11 heteroatoms. The third-order valence-corrected chi connectivity index (χ3v) is 8.18. The van der Waals surface area contributed by atoms with E-state index in [0.717, 1.165) is 10.6 Å². The summed E-state index contributed by atoms with van der Waals surface area (Å²) in [6.07, 6.45) is 1.29. The number of carbonyl (C=O) groups excluding carboxylic acids is 3. The Morgan fingerprint density at radius 3 is 2.25 bits per heavy atom. The van der Waals surface area contributed by atoms with E-state index in [1.165, 1.54) is 47.4 Å². The molecule has 4 aromatic carbocycles. The zero-order valence-corrected chi connectivity index (χ0v) is 25.0. The number of amides is 3. The van der Waals surface area contributed by atoms with Gasteiger partial charge in [-0.15, -0.1) is 22.0 Å². The van der Waals surface area contributed by atoms with Gasteiger partial charge in [-0.2, -0.15) is 0 Å². The molecule has 0 radical (unpaired) electrons. The largest absolute Gasteiger partial charge is 0.321 e. The molecule has 220 valence electrons. The molecule has 1 heterocycles. The van der Waals surface area contributed by atoms with Gasteiger partial charge in [0.1, 0.15) is 21.8 Å². The minimum absolute atomic E-state index is 0.137. The predicted molar refractivity (Wildman–Crippen MR) is 172 cm³/mol. The molecule has 1 atom stereocenters. The summed E-state index contributed by atoms with van der Waals surface area (Å²) in [5.41, 5.74) is 1.53. The molecule has 8 nitrogen and oxygen atoms in total. The highest BCUT2D eigenvalue weighted by Crippen LogP contribution is 2.37. The number of nitrogens with one attached hydrogen (secondary N) is 3. The van der Waals surface area contributed by atoms with Crippen LogP contribution in [-0.4, -0.2) is 27.9 Å². The second-order valence-corrected chi connectivity index (χ2v) is 11.8. The summed E-state index contributed by atoms with van der Waals surface area (Å²) >= 11 is 2.58. The lowest BCUT2D eigenvalue weighted by Gasteiger charge is -2.17. The summed E-state index contributed by atoms with van der Waals surface area (Å²) in [5, 5.41) is 16.7. The van der Waals surface area contributed by atoms with Crippen LogP contribution in [0.1, 0.15) is 31.7 Å². The summed E-state index contributed by atoms with van der Waals surface area (Å²) in [6.45, 7) is 1.81. The third kappa shape index (κ3) is 8.03. The lowest BCUT2D eigenvalue weighted by molar-refractivity contribution is -0.116. The Labute approximate surface area is 261 Å². The number of thioether (sulfide) groups is 1. The summed E-state index contributed by atoms with van der Waals surface area (Å²) in [6, 6.07) is 30.6. The number of nitrogens with zero attached hydrogens (tertiary/aromatic N) is 2. The Balaban J connectivity index is 1.38. The molecule has 0 saturated carbocycles. The van der Waals surface area contributed by atoms with Gasteiger partial charge in [-0.1, -0.05) is 84.1 Å². The number of halogens is 1. The fourth-order valence-corrected chi connectivity index (χ4v) is 5.77. The van der Waals surface area contributed by atoms with Crippen molar-refractivity contribution < 1.29 is 18.8 Å². The molecular weight excluding hydrogens is 598 g/mol. The fourth-order valence-electron chi connectivity index (χ4n) is 4.09. The van der Waals surface area contributed by atoms with Crippen molar-refractivity contribution in [1.82, 2.24) is 15.5 Å². The van der Waals surface area contributed by atoms with E-state index in [9.17, 15) is 18.8 Å². The van der Waals surface area contributed by atoms with Crippen molar-refractivity contribution in [2.24, 2.45) is 0 Å². The first kappa shape index (κ1) is 30.3. The van der Waals surface area contributed by atoms with Crippen molar-refractivity contribution in [1.29, 1.82) is 0 Å². The van der Waals surface area contributed by atoms with Crippen LogP contribution in [0.4, 0.5) is 15.2 Å². The first-order chi connectivity index (χ1) is 21.4. The molecule has 0 fully saturated rings. The lowest BCUT2D eigenvalue weighted by Crippen LogP contribution is -2.30. The number of anilines is 2. The Morgan fingerprint density at radius 1 is 0.841 bits per heavy atom. The second-order valence-electron chi connectivity index (χ2n) is 9.41. The third-order valence-electron chi connectivity index (χ3n) is 6.18. The average Bonchev–Trinajstić information content (AvgIpc) is 3.45. The fraction of sp³-hybridized carbons (Fsp3) is 0.0606. The molecule has 44 heavy (non-hydrogen) atoms. The van der Waals surface area contributed by atoms with E-state index in [1.54, 1.807) is 61.5 Å². The van der Waals surface area contributed by atoms with Gasteiger partial charge in [0.25, 0.3) is 11.8 Å². The quantitative estimate of drug-likeness (QED) is 0.116. The highest BCUT2D eigenvalue weighted by atomic mass is 32.2. The lowest BCUT2D eigenvalue weighted by atomic mass is 10.1. The van der Waals surface area contributed by atoms with Gasteiger partial charge in [-0.3, -0.25) is 19.7 Å². The molecular formula is C33H26FN5O3S2. The van der Waals surface area contributed by atoms with Crippen LogP contribution in [0.15, 0.2) is 120 Å². The summed E-state index contributed by atoms with van der Waals surface area (Å²) in [4.78, 5) is 40.4. The zero-order valence-electron chi connectivity index (χ0n) is 23.4. The van der Waals surface area contributed by atoms with Gasteiger partial charge in [-0.05, 0) is 55.0 Å². The Morgan fingerprint density at radius 2 is 1.55 bits per heavy atom. The minimum Gasteiger partial charge on any atom is -0.321 e. The topological polar surface area (TPSA) is 113 Å². The van der Waals surface area contributed by atoms with Crippen molar-refractivity contribution in [2.45, 2.75) is 17.1 Å². The molecule has 1 aromatic heterocycles. The van der Waals surface area contributed by atoms with Crippen molar-refractivity contribution in [2.75, 3.05) is 10.6 Å². The van der Waals surface area contributed by atoms with Crippen LogP contribution in [0.3, 0.4) is 0 Å². The van der Waals surface area contributed by atoms with Gasteiger partial charge in [0, 0.05) is 21.7 Å². The molecule has 0 bridgehead atoms. The number of aromatic nitrogens is 2. The number of rotatable bonds is 10. The molecule has 1 unspecified atom stereocenters. The van der Waals surface area contributed by atoms with Crippen LogP contribution >= 0.6 is 23.1 Å². The highest BCUT2D eigenvalue weighted by Gasteiger charge is 2.24. The van der Waals surface area contributed by atoms with Crippen LogP contribution in [0, 0.1) is 12.7 Å². The van der Waals surface area contributed by atoms with E-state index in [2.05, 4.69) is 26.1 Å². The number of hydrogen-bond acceptors (Lipinski definition) is 7. The van der Waals surface area contributed by atoms with Crippen LogP contribution in [-0.2, 0) is 9.59 Å². The number of carbonyl (C=O) groups is 3. The summed E-state index contributed by atoms with van der Waals surface area (Å²) < 4.78 is 14.5. The average molecular weight is 624 g/mol. The smallest absolute Gasteiger partial charge is 0.272 e. The monoisotopic (exact) mass is 623 g/mol. The highest BCUT2D eigenvalue weighted by molar-refractivity contribution is 8.00. The van der Waals surface area contributed by atoms with E-state index in [1.807, 2.05) is 36.4 Å². The predicted octanol–water partition coefficient (Wildman–Crippen LogP) is 6.87. The van der Waals surface area contributed by atoms with Crippen molar-refractivity contribution in [3.8, 4) is 0 Å². The number of hydrogen-bond donors (Lipinski definition) is 3. The molecule has 0 spiro atoms. The molecule has 3 N–H and O–H groups in total. The van der Waals surface area contributed by atoms with Gasteiger partial charge in [0.15, 0.2) is 0 Å². The van der Waals surface area contributed by atoms with Gasteiger partial charge < -0.3 is 10.6 Å². The summed E-state index contributed by atoms with van der Waals surface area (Å²) in [7, 11) is 0. The maximum atomic E-state index is 14.5. The van der Waals surface area contributed by atoms with E-state index >= 15 is 0 Å². The Bertz CT molecular complexity index is 1810. The number of aryl methyl sites for hydroxylation is 1. The Hall–Kier alpha value is -5.13. The van der Waals surface area contributed by atoms with Gasteiger partial charge in [0.05, 0.1) is 0 Å². The Kier molecular flexibility index (Phi) is 9.90. The molecule has 0 aliphatic rings. The van der Waals surface area contributed by atoms with Crippen LogP contribution in [0.25, 0.3) is 6.08 Å². The summed E-state index contributed by atoms with van der Waals surface area (Å²) in [5.74, 6) is -1.98. The zero-order chi connectivity index (χ0) is 30.9. The van der Waals surface area contributed by atoms with E-state index in [4.69, 9.17) is 0 Å². The van der Waals surface area contributed by atoms with Crippen LogP contribution < -0.4 is 16.0 Å².